The molecule has 3 heterocycles. The average molecular weight is 372 g/mol. The van der Waals surface area contributed by atoms with Gasteiger partial charge in [-0.3, -0.25) is 0 Å². The molecule has 0 aromatic carbocycles. The minimum Gasteiger partial charge on any atom is -0.385 e. The van der Waals surface area contributed by atoms with Crippen molar-refractivity contribution in [3.8, 4) is 5.95 Å². The fourth-order valence-corrected chi connectivity index (χ4v) is 4.88. The van der Waals surface area contributed by atoms with Crippen LogP contribution in [0, 0.1) is 13.8 Å². The number of aromatic nitrogens is 4. The molecule has 0 bridgehead atoms. The number of aryl methyl sites for hydroxylation is 4. The fourth-order valence-electron chi connectivity index (χ4n) is 3.62. The summed E-state index contributed by atoms with van der Waals surface area (Å²) in [4.78, 5) is 12.3. The first-order valence-corrected chi connectivity index (χ1v) is 10.1. The van der Waals surface area contributed by atoms with Crippen molar-refractivity contribution in [2.45, 2.75) is 46.0 Å². The number of hydrogen-bond donors (Lipinski definition) is 1. The van der Waals surface area contributed by atoms with Crippen LogP contribution in [0.1, 0.15) is 41.1 Å². The lowest BCUT2D eigenvalue weighted by Crippen LogP contribution is -2.11. The van der Waals surface area contributed by atoms with Crippen molar-refractivity contribution >= 4 is 27.4 Å². The largest absolute Gasteiger partial charge is 0.385 e. The van der Waals surface area contributed by atoms with E-state index in [-0.39, 0.29) is 0 Å². The first-order chi connectivity index (χ1) is 12.7. The number of nitrogens with zero attached hydrogens (tertiary/aromatic N) is 4. The third-order valence-electron chi connectivity index (χ3n) is 4.82. The molecular weight excluding hydrogens is 346 g/mol. The summed E-state index contributed by atoms with van der Waals surface area (Å²) in [6.45, 7) is 5.61. The van der Waals surface area contributed by atoms with Crippen molar-refractivity contribution in [1.82, 2.24) is 19.7 Å². The Labute approximate surface area is 157 Å². The van der Waals surface area contributed by atoms with E-state index < -0.39 is 0 Å². The van der Waals surface area contributed by atoms with Crippen LogP contribution in [-0.2, 0) is 17.6 Å². The molecule has 0 aliphatic heterocycles. The first kappa shape index (κ1) is 17.4. The second-order valence-electron chi connectivity index (χ2n) is 6.88. The molecule has 4 rings (SSSR count). The van der Waals surface area contributed by atoms with Crippen molar-refractivity contribution in [1.29, 1.82) is 0 Å². The predicted octanol–water partition coefficient (Wildman–Crippen LogP) is 3.82. The molecule has 0 amide bonds. The van der Waals surface area contributed by atoms with Gasteiger partial charge in [-0.1, -0.05) is 0 Å². The highest BCUT2D eigenvalue weighted by molar-refractivity contribution is 7.19. The van der Waals surface area contributed by atoms with E-state index in [9.17, 15) is 0 Å². The molecule has 1 aliphatic carbocycles. The van der Waals surface area contributed by atoms with Gasteiger partial charge in [0.2, 0.25) is 0 Å². The van der Waals surface area contributed by atoms with E-state index in [4.69, 9.17) is 14.7 Å². The number of fused-ring (bicyclic) bond motifs is 3. The molecule has 0 saturated carbocycles. The molecule has 0 fully saturated rings. The molecule has 0 spiro atoms. The third-order valence-corrected chi connectivity index (χ3v) is 6.01. The molecule has 7 heteroatoms. The van der Waals surface area contributed by atoms with Crippen LogP contribution in [0.15, 0.2) is 6.07 Å². The van der Waals surface area contributed by atoms with Gasteiger partial charge in [-0.25, -0.2) is 4.68 Å². The smallest absolute Gasteiger partial charge is 0.254 e. The quantitative estimate of drug-likeness (QED) is 0.667. The Hall–Kier alpha value is -1.99. The van der Waals surface area contributed by atoms with Crippen molar-refractivity contribution < 1.29 is 4.74 Å². The molecule has 3 aromatic heterocycles. The van der Waals surface area contributed by atoms with Crippen LogP contribution in [0.4, 0.5) is 5.82 Å². The Kier molecular flexibility index (Phi) is 4.91. The van der Waals surface area contributed by atoms with Crippen LogP contribution in [-0.4, -0.2) is 40.0 Å². The van der Waals surface area contributed by atoms with E-state index >= 15 is 0 Å². The van der Waals surface area contributed by atoms with Crippen LogP contribution in [0.3, 0.4) is 0 Å². The number of ether oxygens (including phenoxy) is 1. The summed E-state index contributed by atoms with van der Waals surface area (Å²) in [6.07, 6.45) is 5.76. The average Bonchev–Trinajstić information content (AvgIpc) is 3.17. The highest BCUT2D eigenvalue weighted by Crippen LogP contribution is 2.39. The lowest BCUT2D eigenvalue weighted by atomic mass is 9.97. The molecule has 3 aromatic rings. The van der Waals surface area contributed by atoms with Crippen LogP contribution in [0.25, 0.3) is 16.2 Å². The Morgan fingerprint density at radius 3 is 2.85 bits per heavy atom. The molecule has 0 saturated heterocycles. The molecule has 1 aliphatic rings. The predicted molar refractivity (Wildman–Crippen MR) is 106 cm³/mol. The number of anilines is 1. The standard InChI is InChI=1S/C19H25N5OS/c1-12-11-13(2)24(23-12)19-21-17(20-9-6-10-25-3)16-14-7-4-5-8-15(14)26-18(16)22-19/h11H,4-10H2,1-3H3,(H,20,21,22). The van der Waals surface area contributed by atoms with Gasteiger partial charge in [-0.2, -0.15) is 15.1 Å². The fraction of sp³-hybridized carbons (Fsp3) is 0.526. The molecular formula is C19H25N5OS. The lowest BCUT2D eigenvalue weighted by molar-refractivity contribution is 0.198. The van der Waals surface area contributed by atoms with Crippen molar-refractivity contribution in [3.63, 3.8) is 0 Å². The zero-order valence-corrected chi connectivity index (χ0v) is 16.4. The normalized spacial score (nSPS) is 14.0. The third kappa shape index (κ3) is 3.21. The Morgan fingerprint density at radius 1 is 1.23 bits per heavy atom. The highest BCUT2D eigenvalue weighted by atomic mass is 32.1. The Morgan fingerprint density at radius 2 is 2.08 bits per heavy atom. The monoisotopic (exact) mass is 371 g/mol. The Bertz CT molecular complexity index is 930. The van der Waals surface area contributed by atoms with Gasteiger partial charge in [0.1, 0.15) is 10.6 Å². The molecule has 0 atom stereocenters. The van der Waals surface area contributed by atoms with Crippen molar-refractivity contribution in [3.05, 3.63) is 27.9 Å². The summed E-state index contributed by atoms with van der Waals surface area (Å²) in [5.41, 5.74) is 3.48. The van der Waals surface area contributed by atoms with E-state index in [1.165, 1.54) is 28.7 Å². The Balaban J connectivity index is 1.80. The van der Waals surface area contributed by atoms with E-state index in [2.05, 4.69) is 16.5 Å². The second-order valence-corrected chi connectivity index (χ2v) is 7.96. The first-order valence-electron chi connectivity index (χ1n) is 9.26. The minimum atomic E-state index is 0.649. The zero-order valence-electron chi connectivity index (χ0n) is 15.6. The van der Waals surface area contributed by atoms with Crippen LogP contribution < -0.4 is 5.32 Å². The van der Waals surface area contributed by atoms with Crippen LogP contribution in [0.2, 0.25) is 0 Å². The summed E-state index contributed by atoms with van der Waals surface area (Å²) in [5, 5.41) is 9.31. The SMILES string of the molecule is COCCCNc1nc(-n2nc(C)cc2C)nc2sc3c(c12)CCCC3. The molecule has 26 heavy (non-hydrogen) atoms. The lowest BCUT2D eigenvalue weighted by Gasteiger charge is -2.13. The molecule has 138 valence electrons. The number of hydrogen-bond acceptors (Lipinski definition) is 6. The van der Waals surface area contributed by atoms with Gasteiger partial charge in [0.15, 0.2) is 0 Å². The zero-order chi connectivity index (χ0) is 18.1. The number of thiophene rings is 1. The number of rotatable bonds is 6. The van der Waals surface area contributed by atoms with Gasteiger partial charge < -0.3 is 10.1 Å². The summed E-state index contributed by atoms with van der Waals surface area (Å²) in [7, 11) is 1.74. The number of methoxy groups -OCH3 is 1. The number of nitrogens with one attached hydrogen (secondary N) is 1. The summed E-state index contributed by atoms with van der Waals surface area (Å²) < 4.78 is 7.01. The maximum absolute atomic E-state index is 5.17. The maximum atomic E-state index is 5.17. The molecule has 0 unspecified atom stereocenters. The molecule has 0 radical (unpaired) electrons. The topological polar surface area (TPSA) is 64.9 Å². The maximum Gasteiger partial charge on any atom is 0.254 e. The summed E-state index contributed by atoms with van der Waals surface area (Å²) in [5.74, 6) is 1.59. The summed E-state index contributed by atoms with van der Waals surface area (Å²) >= 11 is 1.82. The van der Waals surface area contributed by atoms with Crippen LogP contribution >= 0.6 is 11.3 Å². The van der Waals surface area contributed by atoms with Gasteiger partial charge >= 0.3 is 0 Å². The van der Waals surface area contributed by atoms with Gasteiger partial charge in [-0.05, 0) is 57.6 Å². The van der Waals surface area contributed by atoms with E-state index in [1.807, 2.05) is 29.9 Å². The van der Waals surface area contributed by atoms with Gasteiger partial charge in [0, 0.05) is 30.8 Å². The van der Waals surface area contributed by atoms with Crippen LogP contribution in [0.5, 0.6) is 0 Å². The second kappa shape index (κ2) is 7.32. The highest BCUT2D eigenvalue weighted by Gasteiger charge is 2.22. The van der Waals surface area contributed by atoms with Crippen molar-refractivity contribution in [2.75, 3.05) is 25.6 Å². The summed E-state index contributed by atoms with van der Waals surface area (Å²) in [6, 6.07) is 2.05. The van der Waals surface area contributed by atoms with E-state index in [0.29, 0.717) is 5.95 Å². The molecule has 1 N–H and O–H groups in total. The minimum absolute atomic E-state index is 0.649. The van der Waals surface area contributed by atoms with Crippen molar-refractivity contribution in [2.24, 2.45) is 0 Å². The van der Waals surface area contributed by atoms with Gasteiger partial charge in [0.05, 0.1) is 11.1 Å². The molecule has 6 nitrogen and oxygen atoms in total. The van der Waals surface area contributed by atoms with E-state index in [0.717, 1.165) is 54.5 Å². The van der Waals surface area contributed by atoms with E-state index in [1.54, 1.807) is 7.11 Å². The van der Waals surface area contributed by atoms with Gasteiger partial charge in [0.25, 0.3) is 5.95 Å². The van der Waals surface area contributed by atoms with Gasteiger partial charge in [-0.15, -0.1) is 11.3 Å².